The second kappa shape index (κ2) is 4.55. The first-order valence-electron chi connectivity index (χ1n) is 7.77. The zero-order valence-electron chi connectivity index (χ0n) is 12.8. The Morgan fingerprint density at radius 2 is 0.833 bits per heavy atom. The van der Waals surface area contributed by atoms with Crippen LogP contribution >= 0.6 is 0 Å². The van der Waals surface area contributed by atoms with E-state index in [9.17, 15) is 0 Å². The number of hydrogen-bond donors (Lipinski definition) is 2. The minimum Gasteiger partial charge on any atom is -0.323 e. The normalized spacial score (nSPS) is 13.8. The van der Waals surface area contributed by atoms with Crippen molar-refractivity contribution in [2.24, 2.45) is 21.9 Å². The molecule has 0 fully saturated rings. The fourth-order valence-corrected chi connectivity index (χ4v) is 3.85. The standard InChI is InChI=1S/C20H14N4/c21-23-19-13-7-3-1-5-11(13)15-9-16-12-6-2-4-8-14(12)20(24-22)18(16)10-17(15)19/h1-10H,21-22H2/b23-19-,24-20+. The number of nitrogens with two attached hydrogens (primary N) is 2. The fourth-order valence-electron chi connectivity index (χ4n) is 3.85. The highest BCUT2D eigenvalue weighted by molar-refractivity contribution is 6.21. The third-order valence-electron chi connectivity index (χ3n) is 4.87. The second-order valence-corrected chi connectivity index (χ2v) is 5.99. The topological polar surface area (TPSA) is 76.8 Å². The van der Waals surface area contributed by atoms with Gasteiger partial charge in [0, 0.05) is 21.5 Å². The van der Waals surface area contributed by atoms with E-state index in [1.54, 1.807) is 0 Å². The van der Waals surface area contributed by atoms with Crippen molar-refractivity contribution in [3.8, 4) is 0 Å². The predicted molar refractivity (Wildman–Crippen MR) is 98.3 cm³/mol. The molecule has 5 rings (SSSR count). The summed E-state index contributed by atoms with van der Waals surface area (Å²) in [6.07, 6.45) is 0. The SMILES string of the molecule is N/N=c1/c2ccccc2c2cc3c(cc12)/c(=N/N)c1ccccc13. The summed E-state index contributed by atoms with van der Waals surface area (Å²) in [5.41, 5.74) is 0. The first kappa shape index (κ1) is 13.1. The molecule has 0 radical (unpaired) electrons. The summed E-state index contributed by atoms with van der Waals surface area (Å²) < 4.78 is 0. The molecule has 0 atom stereocenters. The van der Waals surface area contributed by atoms with Crippen LogP contribution in [0.15, 0.2) is 70.9 Å². The van der Waals surface area contributed by atoms with Crippen molar-refractivity contribution in [2.75, 3.05) is 0 Å². The van der Waals surface area contributed by atoms with E-state index in [1.165, 1.54) is 0 Å². The minimum atomic E-state index is 0.815. The molecule has 0 aliphatic carbocycles. The lowest BCUT2D eigenvalue weighted by Gasteiger charge is -1.95. The van der Waals surface area contributed by atoms with E-state index < -0.39 is 0 Å². The molecule has 5 aromatic carbocycles. The first-order valence-corrected chi connectivity index (χ1v) is 7.77. The number of fused-ring (bicyclic) bond motifs is 6. The van der Waals surface area contributed by atoms with Gasteiger partial charge in [-0.15, -0.1) is 0 Å². The van der Waals surface area contributed by atoms with Gasteiger partial charge in [-0.3, -0.25) is 0 Å². The molecule has 5 aromatic rings. The minimum absolute atomic E-state index is 0.815. The van der Waals surface area contributed by atoms with Gasteiger partial charge in [-0.05, 0) is 33.7 Å². The monoisotopic (exact) mass is 310 g/mol. The second-order valence-electron chi connectivity index (χ2n) is 5.99. The van der Waals surface area contributed by atoms with E-state index in [4.69, 9.17) is 11.7 Å². The van der Waals surface area contributed by atoms with Crippen molar-refractivity contribution in [2.45, 2.75) is 0 Å². The number of nitrogens with zero attached hydrogens (tertiary/aromatic N) is 2. The smallest absolute Gasteiger partial charge is 0.0984 e. The Labute approximate surface area is 137 Å². The molecule has 4 N–H and O–H groups in total. The summed E-state index contributed by atoms with van der Waals surface area (Å²) in [7, 11) is 0. The molecule has 4 nitrogen and oxygen atoms in total. The Bertz CT molecular complexity index is 1270. The molecule has 0 unspecified atom stereocenters. The van der Waals surface area contributed by atoms with Gasteiger partial charge in [0.1, 0.15) is 0 Å². The van der Waals surface area contributed by atoms with Gasteiger partial charge in [0.05, 0.1) is 10.7 Å². The molecule has 0 bridgehead atoms. The maximum atomic E-state index is 5.69. The molecule has 0 saturated carbocycles. The molecule has 0 amide bonds. The van der Waals surface area contributed by atoms with Crippen LogP contribution in [0, 0.1) is 0 Å². The van der Waals surface area contributed by atoms with Crippen molar-refractivity contribution in [1.29, 1.82) is 0 Å². The van der Waals surface area contributed by atoms with Crippen molar-refractivity contribution in [1.82, 2.24) is 0 Å². The van der Waals surface area contributed by atoms with Gasteiger partial charge in [-0.1, -0.05) is 48.5 Å². The molecule has 114 valence electrons. The fraction of sp³-hybridized carbons (Fsp3) is 0. The van der Waals surface area contributed by atoms with Crippen molar-refractivity contribution in [3.05, 3.63) is 71.4 Å². The lowest BCUT2D eigenvalue weighted by Crippen LogP contribution is -2.05. The Morgan fingerprint density at radius 3 is 1.25 bits per heavy atom. The summed E-state index contributed by atoms with van der Waals surface area (Å²) in [5, 5.41) is 18.5. The molecule has 0 saturated heterocycles. The maximum absolute atomic E-state index is 5.69. The quantitative estimate of drug-likeness (QED) is 0.341. The summed E-state index contributed by atoms with van der Waals surface area (Å²) in [5.74, 6) is 11.4. The van der Waals surface area contributed by atoms with Crippen LogP contribution in [-0.2, 0) is 0 Å². The van der Waals surface area contributed by atoms with Crippen LogP contribution in [0.25, 0.3) is 43.1 Å². The predicted octanol–water partition coefficient (Wildman–Crippen LogP) is 2.72. The van der Waals surface area contributed by atoms with Crippen molar-refractivity contribution in [3.63, 3.8) is 0 Å². The van der Waals surface area contributed by atoms with Crippen LogP contribution in [0.1, 0.15) is 0 Å². The van der Waals surface area contributed by atoms with Gasteiger partial charge < -0.3 is 11.7 Å². The summed E-state index contributed by atoms with van der Waals surface area (Å²) >= 11 is 0. The average molecular weight is 310 g/mol. The first-order chi connectivity index (χ1) is 11.8. The Kier molecular flexibility index (Phi) is 2.48. The third-order valence-corrected chi connectivity index (χ3v) is 4.87. The molecule has 0 aliphatic rings. The molecule has 4 heteroatoms. The van der Waals surface area contributed by atoms with Crippen molar-refractivity contribution < 1.29 is 0 Å². The van der Waals surface area contributed by atoms with Gasteiger partial charge in [0.25, 0.3) is 0 Å². The highest BCUT2D eigenvalue weighted by Crippen LogP contribution is 2.31. The van der Waals surface area contributed by atoms with E-state index >= 15 is 0 Å². The number of benzene rings is 3. The van der Waals surface area contributed by atoms with Gasteiger partial charge in [-0.25, -0.2) is 0 Å². The largest absolute Gasteiger partial charge is 0.323 e. The molecule has 24 heavy (non-hydrogen) atoms. The zero-order chi connectivity index (χ0) is 16.3. The highest BCUT2D eigenvalue weighted by atomic mass is 15.1. The van der Waals surface area contributed by atoms with E-state index in [-0.39, 0.29) is 0 Å². The van der Waals surface area contributed by atoms with E-state index in [2.05, 4.69) is 46.6 Å². The lowest BCUT2D eigenvalue weighted by atomic mass is 10.1. The van der Waals surface area contributed by atoms with E-state index in [0.29, 0.717) is 0 Å². The average Bonchev–Trinajstić information content (AvgIpc) is 3.11. The van der Waals surface area contributed by atoms with Crippen LogP contribution in [0.4, 0.5) is 0 Å². The van der Waals surface area contributed by atoms with E-state index in [1.807, 2.05) is 24.3 Å². The summed E-state index contributed by atoms with van der Waals surface area (Å²) in [6, 6.07) is 20.7. The molecule has 0 spiro atoms. The van der Waals surface area contributed by atoms with Crippen molar-refractivity contribution >= 4 is 43.1 Å². The van der Waals surface area contributed by atoms with Crippen LogP contribution in [-0.4, -0.2) is 0 Å². The van der Waals surface area contributed by atoms with Gasteiger partial charge in [0.15, 0.2) is 0 Å². The van der Waals surface area contributed by atoms with Crippen LogP contribution in [0.2, 0.25) is 0 Å². The Hall–Kier alpha value is -3.40. The Balaban J connectivity index is 2.16. The molecule has 0 aromatic heterocycles. The molecular weight excluding hydrogens is 296 g/mol. The summed E-state index contributed by atoms with van der Waals surface area (Å²) in [6.45, 7) is 0. The van der Waals surface area contributed by atoms with Gasteiger partial charge in [0.2, 0.25) is 0 Å². The van der Waals surface area contributed by atoms with E-state index in [0.717, 1.165) is 53.8 Å². The molecule has 0 heterocycles. The van der Waals surface area contributed by atoms with Crippen LogP contribution in [0.3, 0.4) is 0 Å². The Morgan fingerprint density at radius 1 is 0.458 bits per heavy atom. The lowest BCUT2D eigenvalue weighted by molar-refractivity contribution is 1.17. The number of rotatable bonds is 0. The van der Waals surface area contributed by atoms with Gasteiger partial charge >= 0.3 is 0 Å². The molecular formula is C20H14N4. The van der Waals surface area contributed by atoms with Crippen LogP contribution < -0.4 is 22.4 Å². The number of hydrogen-bond acceptors (Lipinski definition) is 4. The maximum Gasteiger partial charge on any atom is 0.0984 e. The van der Waals surface area contributed by atoms with Crippen LogP contribution in [0.5, 0.6) is 0 Å². The zero-order valence-corrected chi connectivity index (χ0v) is 12.8. The van der Waals surface area contributed by atoms with Gasteiger partial charge in [-0.2, -0.15) is 10.2 Å². The molecule has 0 aliphatic heterocycles. The summed E-state index contributed by atoms with van der Waals surface area (Å²) in [4.78, 5) is 0. The highest BCUT2D eigenvalue weighted by Gasteiger charge is 2.14. The third kappa shape index (κ3) is 1.47.